The number of carbonyl (C=O) groups excluding carboxylic acids is 4. The molecule has 4 amide bonds. The van der Waals surface area contributed by atoms with Crippen LogP contribution in [-0.4, -0.2) is 66.8 Å². The fourth-order valence-electron chi connectivity index (χ4n) is 4.98. The summed E-state index contributed by atoms with van der Waals surface area (Å²) in [5.74, 6) is -1.11. The number of likely N-dealkylation sites (N-methyl/N-ethyl adjacent to an activating group) is 1. The number of hydrogen-bond donors (Lipinski definition) is 4. The predicted octanol–water partition coefficient (Wildman–Crippen LogP) is 4.12. The average molecular weight is 614 g/mol. The highest BCUT2D eigenvalue weighted by Crippen LogP contribution is 2.21. The zero-order chi connectivity index (χ0) is 32.9. The highest BCUT2D eigenvalue weighted by molar-refractivity contribution is 6.00. The zero-order valence-corrected chi connectivity index (χ0v) is 27.2. The van der Waals surface area contributed by atoms with E-state index in [1.54, 1.807) is 43.1 Å². The molecule has 0 bridgehead atoms. The summed E-state index contributed by atoms with van der Waals surface area (Å²) in [6.45, 7) is 10.1. The molecule has 0 saturated carbocycles. The van der Waals surface area contributed by atoms with Crippen molar-refractivity contribution in [3.05, 3.63) is 107 Å². The minimum Gasteiger partial charge on any atom is -0.355 e. The van der Waals surface area contributed by atoms with Crippen molar-refractivity contribution in [1.82, 2.24) is 26.2 Å². The van der Waals surface area contributed by atoms with Crippen molar-refractivity contribution in [2.75, 3.05) is 20.1 Å². The third-order valence-corrected chi connectivity index (χ3v) is 7.88. The number of rotatable bonds is 15. The van der Waals surface area contributed by atoms with Gasteiger partial charge in [-0.25, -0.2) is 0 Å². The van der Waals surface area contributed by atoms with Crippen LogP contribution >= 0.6 is 0 Å². The molecule has 9 nitrogen and oxygen atoms in total. The van der Waals surface area contributed by atoms with Gasteiger partial charge in [0, 0.05) is 37.3 Å². The second-order valence-electron chi connectivity index (χ2n) is 11.7. The van der Waals surface area contributed by atoms with Crippen LogP contribution in [0, 0.1) is 5.92 Å². The molecule has 3 aromatic carbocycles. The van der Waals surface area contributed by atoms with Gasteiger partial charge in [-0.2, -0.15) is 0 Å². The number of nitrogens with zero attached hydrogens (tertiary/aromatic N) is 1. The van der Waals surface area contributed by atoms with Crippen molar-refractivity contribution in [2.45, 2.75) is 65.2 Å². The molecule has 0 radical (unpaired) electrons. The van der Waals surface area contributed by atoms with Gasteiger partial charge in [-0.3, -0.25) is 19.2 Å². The molecule has 0 aliphatic rings. The van der Waals surface area contributed by atoms with E-state index in [1.807, 2.05) is 88.4 Å². The molecule has 4 N–H and O–H groups in total. The third-order valence-electron chi connectivity index (χ3n) is 7.88. The van der Waals surface area contributed by atoms with E-state index >= 15 is 0 Å². The Labute approximate surface area is 267 Å². The number of benzene rings is 3. The number of nitrogens with one attached hydrogen (secondary N) is 4. The largest absolute Gasteiger partial charge is 0.355 e. The molecule has 45 heavy (non-hydrogen) atoms. The molecule has 3 rings (SSSR count). The number of amides is 4. The fraction of sp³-hybridized carbons (Fsp3) is 0.389. The highest BCUT2D eigenvalue weighted by atomic mass is 16.2. The standard InChI is InChI=1S/C36H47N5O4/c1-7-37-35(44)32(24(2)3)40-33(42)25(4)38-23-31(21-27-15-10-8-11-16-27)39-34(43)29-19-14-20-30(22-29)36(45)41(6)26(5)28-17-12-9-13-18-28/h8-20,22,24-26,31-32,38H,7,21,23H2,1-6H3,(H,37,44)(H,39,43)(H,40,42)/t25-,26+,31-,32-/m0/s1. The van der Waals surface area contributed by atoms with Crippen LogP contribution in [0.25, 0.3) is 0 Å². The van der Waals surface area contributed by atoms with Gasteiger partial charge in [0.05, 0.1) is 12.1 Å². The lowest BCUT2D eigenvalue weighted by Crippen LogP contribution is -2.55. The Morgan fingerprint density at radius 3 is 2.00 bits per heavy atom. The van der Waals surface area contributed by atoms with Crippen molar-refractivity contribution in [3.63, 3.8) is 0 Å². The quantitative estimate of drug-likeness (QED) is 0.206. The van der Waals surface area contributed by atoms with E-state index in [-0.39, 0.29) is 41.6 Å². The Morgan fingerprint density at radius 1 is 0.756 bits per heavy atom. The molecule has 0 unspecified atom stereocenters. The summed E-state index contributed by atoms with van der Waals surface area (Å²) in [6.07, 6.45) is 0.525. The Kier molecular flexibility index (Phi) is 13.3. The molecular weight excluding hydrogens is 566 g/mol. The van der Waals surface area contributed by atoms with E-state index < -0.39 is 12.1 Å². The van der Waals surface area contributed by atoms with Gasteiger partial charge in [-0.1, -0.05) is 80.6 Å². The summed E-state index contributed by atoms with van der Waals surface area (Å²) in [7, 11) is 1.76. The molecule has 0 heterocycles. The molecule has 4 atom stereocenters. The van der Waals surface area contributed by atoms with Gasteiger partial charge in [-0.05, 0) is 62.4 Å². The van der Waals surface area contributed by atoms with Crippen LogP contribution in [0.15, 0.2) is 84.9 Å². The van der Waals surface area contributed by atoms with Gasteiger partial charge in [0.15, 0.2) is 0 Å². The van der Waals surface area contributed by atoms with E-state index in [4.69, 9.17) is 0 Å². The van der Waals surface area contributed by atoms with Gasteiger partial charge in [0.2, 0.25) is 11.8 Å². The molecule has 0 aliphatic carbocycles. The van der Waals surface area contributed by atoms with E-state index in [9.17, 15) is 19.2 Å². The molecule has 0 fully saturated rings. The van der Waals surface area contributed by atoms with E-state index in [0.29, 0.717) is 30.6 Å². The lowest BCUT2D eigenvalue weighted by Gasteiger charge is -2.26. The summed E-state index contributed by atoms with van der Waals surface area (Å²) < 4.78 is 0. The molecule has 0 spiro atoms. The Bertz CT molecular complexity index is 1410. The minimum atomic E-state index is -0.647. The molecule has 0 aromatic heterocycles. The van der Waals surface area contributed by atoms with Crippen LogP contribution in [0.1, 0.15) is 72.5 Å². The fourth-order valence-corrected chi connectivity index (χ4v) is 4.98. The van der Waals surface area contributed by atoms with Crippen molar-refractivity contribution < 1.29 is 19.2 Å². The molecule has 0 saturated heterocycles. The molecule has 240 valence electrons. The molecule has 0 aliphatic heterocycles. The van der Waals surface area contributed by atoms with Crippen molar-refractivity contribution in [3.8, 4) is 0 Å². The first kappa shape index (κ1) is 35.0. The topological polar surface area (TPSA) is 120 Å². The van der Waals surface area contributed by atoms with E-state index in [2.05, 4.69) is 21.3 Å². The number of hydrogen-bond acceptors (Lipinski definition) is 5. The smallest absolute Gasteiger partial charge is 0.254 e. The van der Waals surface area contributed by atoms with Crippen LogP contribution in [0.2, 0.25) is 0 Å². The second kappa shape index (κ2) is 17.1. The summed E-state index contributed by atoms with van der Waals surface area (Å²) in [6, 6.07) is 24.5. The normalized spacial score (nSPS) is 13.7. The van der Waals surface area contributed by atoms with Crippen molar-refractivity contribution >= 4 is 23.6 Å². The molecule has 9 heteroatoms. The minimum absolute atomic E-state index is 0.0817. The van der Waals surface area contributed by atoms with Crippen LogP contribution in [0.3, 0.4) is 0 Å². The maximum Gasteiger partial charge on any atom is 0.254 e. The average Bonchev–Trinajstić information content (AvgIpc) is 3.05. The Hall–Kier alpha value is -4.50. The first-order chi connectivity index (χ1) is 21.5. The maximum atomic E-state index is 13.5. The van der Waals surface area contributed by atoms with Crippen LogP contribution < -0.4 is 21.3 Å². The van der Waals surface area contributed by atoms with Crippen LogP contribution in [-0.2, 0) is 16.0 Å². The summed E-state index contributed by atoms with van der Waals surface area (Å²) in [5.41, 5.74) is 2.83. The summed E-state index contributed by atoms with van der Waals surface area (Å²) >= 11 is 0. The zero-order valence-electron chi connectivity index (χ0n) is 27.2. The highest BCUT2D eigenvalue weighted by Gasteiger charge is 2.26. The number of carbonyl (C=O) groups is 4. The van der Waals surface area contributed by atoms with Gasteiger partial charge in [0.25, 0.3) is 11.8 Å². The summed E-state index contributed by atoms with van der Waals surface area (Å²) in [4.78, 5) is 54.0. The third kappa shape index (κ3) is 10.3. The van der Waals surface area contributed by atoms with E-state index in [0.717, 1.165) is 11.1 Å². The van der Waals surface area contributed by atoms with Crippen molar-refractivity contribution in [2.24, 2.45) is 5.92 Å². The second-order valence-corrected chi connectivity index (χ2v) is 11.7. The molecule has 3 aromatic rings. The van der Waals surface area contributed by atoms with Crippen LogP contribution in [0.4, 0.5) is 0 Å². The summed E-state index contributed by atoms with van der Waals surface area (Å²) in [5, 5.41) is 11.9. The van der Waals surface area contributed by atoms with Crippen LogP contribution in [0.5, 0.6) is 0 Å². The van der Waals surface area contributed by atoms with Crippen molar-refractivity contribution in [1.29, 1.82) is 0 Å². The lowest BCUT2D eigenvalue weighted by atomic mass is 10.0. The monoisotopic (exact) mass is 613 g/mol. The van der Waals surface area contributed by atoms with Gasteiger partial charge >= 0.3 is 0 Å². The SMILES string of the molecule is CCNC(=O)[C@@H](NC(=O)[C@H](C)NC[C@H](Cc1ccccc1)NC(=O)c1cccc(C(=O)N(C)[C@H](C)c2ccccc2)c1)C(C)C. The van der Waals surface area contributed by atoms with E-state index in [1.165, 1.54) is 0 Å². The Morgan fingerprint density at radius 2 is 1.38 bits per heavy atom. The Balaban J connectivity index is 1.70. The first-order valence-electron chi connectivity index (χ1n) is 15.6. The predicted molar refractivity (Wildman–Crippen MR) is 178 cm³/mol. The maximum absolute atomic E-state index is 13.5. The first-order valence-corrected chi connectivity index (χ1v) is 15.6. The van der Waals surface area contributed by atoms with Gasteiger partial charge in [-0.15, -0.1) is 0 Å². The lowest BCUT2D eigenvalue weighted by molar-refractivity contribution is -0.130. The van der Waals surface area contributed by atoms with Gasteiger partial charge in [0.1, 0.15) is 6.04 Å². The molecular formula is C36H47N5O4. The van der Waals surface area contributed by atoms with Gasteiger partial charge < -0.3 is 26.2 Å².